The highest BCUT2D eigenvalue weighted by Gasteiger charge is 2.33. The first-order valence-electron chi connectivity index (χ1n) is 6.99. The third-order valence-electron chi connectivity index (χ3n) is 3.59. The van der Waals surface area contributed by atoms with Crippen LogP contribution >= 0.6 is 0 Å². The molecule has 0 unspecified atom stereocenters. The van der Waals surface area contributed by atoms with Crippen LogP contribution in [0.25, 0.3) is 0 Å². The third kappa shape index (κ3) is 3.08. The van der Waals surface area contributed by atoms with Gasteiger partial charge in [0.25, 0.3) is 0 Å². The lowest BCUT2D eigenvalue weighted by molar-refractivity contribution is -0.133. The highest BCUT2D eigenvalue weighted by atomic mass is 16.2. The number of nitrogens with zero attached hydrogens (tertiary/aromatic N) is 3. The van der Waals surface area contributed by atoms with Crippen LogP contribution in [0.2, 0.25) is 0 Å². The van der Waals surface area contributed by atoms with Gasteiger partial charge >= 0.3 is 0 Å². The Morgan fingerprint density at radius 3 is 2.53 bits per heavy atom. The maximum atomic E-state index is 12.4. The van der Waals surface area contributed by atoms with Crippen molar-refractivity contribution >= 4 is 11.6 Å². The summed E-state index contributed by atoms with van der Waals surface area (Å²) in [5, 5.41) is 4.34. The van der Waals surface area contributed by atoms with Crippen LogP contribution in [0.5, 0.6) is 0 Å². The predicted molar refractivity (Wildman–Crippen MR) is 75.7 cm³/mol. The zero-order chi connectivity index (χ0) is 14.2. The Morgan fingerprint density at radius 2 is 2.11 bits per heavy atom. The fourth-order valence-corrected chi connectivity index (χ4v) is 2.32. The molecule has 1 aromatic rings. The van der Waals surface area contributed by atoms with Crippen LogP contribution < -0.4 is 5.73 Å². The van der Waals surface area contributed by atoms with Crippen molar-refractivity contribution in [2.45, 2.75) is 53.1 Å². The van der Waals surface area contributed by atoms with Gasteiger partial charge in [-0.3, -0.25) is 9.48 Å². The standard InChI is InChI=1S/C14H24N4O/c1-9(2)7-17(12-5-6-12)13(19)8-18-11(4)14(15)10(3)16-18/h9,12H,5-8,15H2,1-4H3. The van der Waals surface area contributed by atoms with E-state index < -0.39 is 0 Å². The van der Waals surface area contributed by atoms with E-state index in [-0.39, 0.29) is 5.91 Å². The molecule has 2 rings (SSSR count). The molecule has 0 saturated heterocycles. The lowest BCUT2D eigenvalue weighted by Crippen LogP contribution is -2.38. The molecule has 106 valence electrons. The van der Waals surface area contributed by atoms with Gasteiger partial charge in [0.1, 0.15) is 6.54 Å². The van der Waals surface area contributed by atoms with Gasteiger partial charge in [0, 0.05) is 12.6 Å². The number of anilines is 1. The first-order valence-corrected chi connectivity index (χ1v) is 6.99. The summed E-state index contributed by atoms with van der Waals surface area (Å²) in [6.07, 6.45) is 2.27. The lowest BCUT2D eigenvalue weighted by atomic mass is 10.2. The van der Waals surface area contributed by atoms with Crippen LogP contribution in [0.1, 0.15) is 38.1 Å². The summed E-state index contributed by atoms with van der Waals surface area (Å²) in [6, 6.07) is 0.448. The second-order valence-corrected chi connectivity index (χ2v) is 5.91. The van der Waals surface area contributed by atoms with Crippen molar-refractivity contribution in [1.29, 1.82) is 0 Å². The molecule has 1 heterocycles. The number of carbonyl (C=O) groups excluding carboxylic acids is 1. The molecule has 1 fully saturated rings. The minimum absolute atomic E-state index is 0.154. The van der Waals surface area contributed by atoms with E-state index >= 15 is 0 Å². The molecule has 5 heteroatoms. The molecule has 1 aromatic heterocycles. The van der Waals surface area contributed by atoms with Crippen molar-refractivity contribution < 1.29 is 4.79 Å². The van der Waals surface area contributed by atoms with Crippen LogP contribution in [0, 0.1) is 19.8 Å². The van der Waals surface area contributed by atoms with Crippen LogP contribution in [0.15, 0.2) is 0 Å². The largest absolute Gasteiger partial charge is 0.396 e. The quantitative estimate of drug-likeness (QED) is 0.881. The van der Waals surface area contributed by atoms with Gasteiger partial charge in [-0.2, -0.15) is 5.10 Å². The molecule has 1 saturated carbocycles. The Labute approximate surface area is 114 Å². The van der Waals surface area contributed by atoms with Gasteiger partial charge in [-0.15, -0.1) is 0 Å². The maximum absolute atomic E-state index is 12.4. The summed E-state index contributed by atoms with van der Waals surface area (Å²) in [5.74, 6) is 0.650. The summed E-state index contributed by atoms with van der Waals surface area (Å²) in [7, 11) is 0. The van der Waals surface area contributed by atoms with E-state index in [1.54, 1.807) is 4.68 Å². The maximum Gasteiger partial charge on any atom is 0.244 e. The first-order chi connectivity index (χ1) is 8.90. The zero-order valence-corrected chi connectivity index (χ0v) is 12.3. The first kappa shape index (κ1) is 13.9. The molecule has 0 radical (unpaired) electrons. The number of rotatable bonds is 5. The number of hydrogen-bond acceptors (Lipinski definition) is 3. The molecule has 5 nitrogen and oxygen atoms in total. The Morgan fingerprint density at radius 1 is 1.47 bits per heavy atom. The molecular formula is C14H24N4O. The van der Waals surface area contributed by atoms with Gasteiger partial charge in [0.05, 0.1) is 17.1 Å². The summed E-state index contributed by atoms with van der Waals surface area (Å²) in [4.78, 5) is 14.4. The van der Waals surface area contributed by atoms with E-state index in [2.05, 4.69) is 18.9 Å². The molecule has 1 amide bonds. The minimum Gasteiger partial charge on any atom is -0.396 e. The van der Waals surface area contributed by atoms with Gasteiger partial charge in [-0.25, -0.2) is 0 Å². The Bertz CT molecular complexity index is 474. The van der Waals surface area contributed by atoms with Crippen LogP contribution in [0.4, 0.5) is 5.69 Å². The number of hydrogen-bond donors (Lipinski definition) is 1. The van der Waals surface area contributed by atoms with Crippen LogP contribution in [-0.2, 0) is 11.3 Å². The summed E-state index contributed by atoms with van der Waals surface area (Å²) >= 11 is 0. The molecule has 1 aliphatic rings. The summed E-state index contributed by atoms with van der Waals surface area (Å²) in [5.41, 5.74) is 8.27. The van der Waals surface area contributed by atoms with Crippen molar-refractivity contribution in [3.63, 3.8) is 0 Å². The number of aryl methyl sites for hydroxylation is 1. The Hall–Kier alpha value is -1.52. The Balaban J connectivity index is 2.08. The topological polar surface area (TPSA) is 64.2 Å². The van der Waals surface area contributed by atoms with E-state index in [0.29, 0.717) is 24.2 Å². The molecule has 0 aliphatic heterocycles. The van der Waals surface area contributed by atoms with Gasteiger partial charge < -0.3 is 10.6 Å². The highest BCUT2D eigenvalue weighted by molar-refractivity contribution is 5.77. The number of nitrogens with two attached hydrogens (primary N) is 1. The number of aromatic nitrogens is 2. The Kier molecular flexibility index (Phi) is 3.83. The lowest BCUT2D eigenvalue weighted by Gasteiger charge is -2.24. The van der Waals surface area contributed by atoms with Gasteiger partial charge in [-0.05, 0) is 32.6 Å². The van der Waals surface area contributed by atoms with Crippen molar-refractivity contribution in [2.75, 3.05) is 12.3 Å². The molecule has 1 aliphatic carbocycles. The summed E-state index contributed by atoms with van der Waals surface area (Å²) < 4.78 is 1.72. The van der Waals surface area contributed by atoms with Crippen molar-refractivity contribution in [1.82, 2.24) is 14.7 Å². The van der Waals surface area contributed by atoms with Crippen molar-refractivity contribution in [2.24, 2.45) is 5.92 Å². The van der Waals surface area contributed by atoms with E-state index in [1.807, 2.05) is 18.7 Å². The fourth-order valence-electron chi connectivity index (χ4n) is 2.32. The average molecular weight is 264 g/mol. The third-order valence-corrected chi connectivity index (χ3v) is 3.59. The van der Waals surface area contributed by atoms with Gasteiger partial charge in [-0.1, -0.05) is 13.8 Å². The second-order valence-electron chi connectivity index (χ2n) is 5.91. The molecule has 0 spiro atoms. The molecule has 0 aromatic carbocycles. The minimum atomic E-state index is 0.154. The second kappa shape index (κ2) is 5.23. The summed E-state index contributed by atoms with van der Waals surface area (Å²) in [6.45, 7) is 9.20. The normalized spacial score (nSPS) is 15.0. The van der Waals surface area contributed by atoms with E-state index in [4.69, 9.17) is 5.73 Å². The molecule has 0 atom stereocenters. The van der Waals surface area contributed by atoms with E-state index in [1.165, 1.54) is 0 Å². The number of carbonyl (C=O) groups is 1. The zero-order valence-electron chi connectivity index (χ0n) is 12.3. The molecule has 2 N–H and O–H groups in total. The van der Waals surface area contributed by atoms with Crippen molar-refractivity contribution in [3.05, 3.63) is 11.4 Å². The number of amides is 1. The van der Waals surface area contributed by atoms with Crippen molar-refractivity contribution in [3.8, 4) is 0 Å². The average Bonchev–Trinajstić information content (AvgIpc) is 3.13. The molecule has 0 bridgehead atoms. The van der Waals surface area contributed by atoms with Crippen LogP contribution in [-0.4, -0.2) is 33.2 Å². The highest BCUT2D eigenvalue weighted by Crippen LogP contribution is 2.28. The van der Waals surface area contributed by atoms with Crippen LogP contribution in [0.3, 0.4) is 0 Å². The number of nitrogen functional groups attached to an aromatic ring is 1. The molecular weight excluding hydrogens is 240 g/mol. The molecule has 19 heavy (non-hydrogen) atoms. The smallest absolute Gasteiger partial charge is 0.244 e. The predicted octanol–water partition coefficient (Wildman–Crippen LogP) is 1.73. The van der Waals surface area contributed by atoms with E-state index in [9.17, 15) is 4.79 Å². The SMILES string of the molecule is Cc1nn(CC(=O)N(CC(C)C)C2CC2)c(C)c1N. The van der Waals surface area contributed by atoms with E-state index in [0.717, 1.165) is 30.8 Å². The van der Waals surface area contributed by atoms with Gasteiger partial charge in [0.2, 0.25) is 5.91 Å². The van der Waals surface area contributed by atoms with Gasteiger partial charge in [0.15, 0.2) is 0 Å². The monoisotopic (exact) mass is 264 g/mol. The fraction of sp³-hybridized carbons (Fsp3) is 0.714.